The average molecular weight is 236 g/mol. The van der Waals surface area contributed by atoms with Gasteiger partial charge in [-0.15, -0.1) is 0 Å². The molecule has 0 aromatic heterocycles. The van der Waals surface area contributed by atoms with E-state index in [4.69, 9.17) is 0 Å². The van der Waals surface area contributed by atoms with Gasteiger partial charge in [-0.1, -0.05) is 0 Å². The van der Waals surface area contributed by atoms with Crippen molar-refractivity contribution in [1.29, 1.82) is 0 Å². The first-order valence-electron chi connectivity index (χ1n) is 5.79. The number of thioether (sulfide) groups is 1. The molecule has 0 amide bonds. The van der Waals surface area contributed by atoms with E-state index in [1.165, 1.54) is 34.9 Å². The second-order valence-corrected chi connectivity index (χ2v) is 5.75. The van der Waals surface area contributed by atoms with Crippen LogP contribution in [0.15, 0.2) is 18.2 Å². The van der Waals surface area contributed by atoms with Gasteiger partial charge in [-0.3, -0.25) is 0 Å². The maximum atomic E-state index is 3.61. The number of hydrogen-bond donors (Lipinski definition) is 1. The maximum absolute atomic E-state index is 3.61. The Morgan fingerprint density at radius 1 is 1.38 bits per heavy atom. The monoisotopic (exact) mass is 236 g/mol. The van der Waals surface area contributed by atoms with Crippen molar-refractivity contribution in [2.75, 3.05) is 35.8 Å². The summed E-state index contributed by atoms with van der Waals surface area (Å²) in [4.78, 5) is 2.16. The van der Waals surface area contributed by atoms with Crippen molar-refractivity contribution in [3.05, 3.63) is 23.8 Å². The van der Waals surface area contributed by atoms with Gasteiger partial charge in [0.05, 0.1) is 0 Å². The lowest BCUT2D eigenvalue weighted by molar-refractivity contribution is 0.813. The van der Waals surface area contributed by atoms with Crippen LogP contribution in [0.1, 0.15) is 12.0 Å². The molecule has 0 spiro atoms. The Balaban J connectivity index is 2.08. The van der Waals surface area contributed by atoms with Crippen LogP contribution in [0.3, 0.4) is 0 Å². The van der Waals surface area contributed by atoms with Crippen molar-refractivity contribution in [2.45, 2.75) is 19.4 Å². The summed E-state index contributed by atoms with van der Waals surface area (Å²) >= 11 is 2.04. The summed E-state index contributed by atoms with van der Waals surface area (Å²) in [6.45, 7) is 2.17. The standard InChI is InChI=1S/C13H20N2S/c1-10-8-11(4-5-13(10)15(2)3)14-12-6-7-16-9-12/h4-5,8,12,14H,6-7,9H2,1-3H3. The van der Waals surface area contributed by atoms with E-state index in [2.05, 4.69) is 49.4 Å². The highest BCUT2D eigenvalue weighted by atomic mass is 32.2. The normalized spacial score (nSPS) is 19.8. The quantitative estimate of drug-likeness (QED) is 0.868. The van der Waals surface area contributed by atoms with Crippen LogP contribution in [0.2, 0.25) is 0 Å². The molecule has 1 fully saturated rings. The Hall–Kier alpha value is -0.830. The van der Waals surface area contributed by atoms with Gasteiger partial charge in [0.25, 0.3) is 0 Å². The summed E-state index contributed by atoms with van der Waals surface area (Å²) in [6, 6.07) is 7.29. The Bertz CT molecular complexity index is 357. The highest BCUT2D eigenvalue weighted by Crippen LogP contribution is 2.25. The molecule has 0 bridgehead atoms. The number of rotatable bonds is 3. The minimum absolute atomic E-state index is 0.662. The Kier molecular flexibility index (Phi) is 3.64. The fourth-order valence-electron chi connectivity index (χ4n) is 2.13. The molecule has 1 aliphatic heterocycles. The van der Waals surface area contributed by atoms with Gasteiger partial charge < -0.3 is 10.2 Å². The molecular weight excluding hydrogens is 216 g/mol. The first kappa shape index (κ1) is 11.6. The van der Waals surface area contributed by atoms with E-state index in [0.717, 1.165) is 0 Å². The zero-order valence-electron chi connectivity index (χ0n) is 10.3. The highest BCUT2D eigenvalue weighted by Gasteiger charge is 2.15. The van der Waals surface area contributed by atoms with Crippen LogP contribution in [0, 0.1) is 6.92 Å². The molecule has 1 saturated heterocycles. The summed E-state index contributed by atoms with van der Waals surface area (Å²) in [5.74, 6) is 2.54. The number of nitrogens with zero attached hydrogens (tertiary/aromatic N) is 1. The van der Waals surface area contributed by atoms with Crippen molar-refractivity contribution in [2.24, 2.45) is 0 Å². The molecule has 0 radical (unpaired) electrons. The highest BCUT2D eigenvalue weighted by molar-refractivity contribution is 7.99. The second kappa shape index (κ2) is 5.00. The van der Waals surface area contributed by atoms with E-state index < -0.39 is 0 Å². The van der Waals surface area contributed by atoms with Gasteiger partial charge in [0.2, 0.25) is 0 Å². The predicted octanol–water partition coefficient (Wildman–Crippen LogP) is 2.98. The van der Waals surface area contributed by atoms with Gasteiger partial charge >= 0.3 is 0 Å². The molecule has 88 valence electrons. The molecule has 16 heavy (non-hydrogen) atoms. The molecule has 1 atom stereocenters. The van der Waals surface area contributed by atoms with E-state index in [9.17, 15) is 0 Å². The van der Waals surface area contributed by atoms with Gasteiger partial charge in [0.15, 0.2) is 0 Å². The minimum Gasteiger partial charge on any atom is -0.381 e. The maximum Gasteiger partial charge on any atom is 0.0392 e. The second-order valence-electron chi connectivity index (χ2n) is 4.60. The van der Waals surface area contributed by atoms with Crippen LogP contribution in [0.5, 0.6) is 0 Å². The molecule has 1 aliphatic rings. The molecule has 0 aliphatic carbocycles. The Morgan fingerprint density at radius 3 is 2.75 bits per heavy atom. The first-order valence-corrected chi connectivity index (χ1v) is 6.94. The van der Waals surface area contributed by atoms with Crippen molar-refractivity contribution in [1.82, 2.24) is 0 Å². The average Bonchev–Trinajstić information content (AvgIpc) is 2.70. The smallest absolute Gasteiger partial charge is 0.0392 e. The molecular formula is C13H20N2S. The van der Waals surface area contributed by atoms with Crippen LogP contribution >= 0.6 is 11.8 Å². The fraction of sp³-hybridized carbons (Fsp3) is 0.538. The lowest BCUT2D eigenvalue weighted by Gasteiger charge is -2.18. The third-order valence-corrected chi connectivity index (χ3v) is 4.14. The molecule has 1 N–H and O–H groups in total. The SMILES string of the molecule is Cc1cc(NC2CCSC2)ccc1N(C)C. The fourth-order valence-corrected chi connectivity index (χ4v) is 3.28. The van der Waals surface area contributed by atoms with Crippen LogP contribution in [0.4, 0.5) is 11.4 Å². The van der Waals surface area contributed by atoms with Crippen molar-refractivity contribution in [3.63, 3.8) is 0 Å². The van der Waals surface area contributed by atoms with Gasteiger partial charge in [0, 0.05) is 37.3 Å². The summed E-state index contributed by atoms with van der Waals surface area (Å²) in [7, 11) is 4.17. The van der Waals surface area contributed by atoms with Crippen LogP contribution in [0.25, 0.3) is 0 Å². The zero-order chi connectivity index (χ0) is 11.5. The summed E-state index contributed by atoms with van der Waals surface area (Å²) in [5.41, 5.74) is 3.89. The number of hydrogen-bond acceptors (Lipinski definition) is 3. The van der Waals surface area contributed by atoms with Crippen LogP contribution in [-0.2, 0) is 0 Å². The van der Waals surface area contributed by atoms with Crippen molar-refractivity contribution < 1.29 is 0 Å². The number of aryl methyl sites for hydroxylation is 1. The first-order chi connectivity index (χ1) is 7.66. The molecule has 1 unspecified atom stereocenters. The van der Waals surface area contributed by atoms with Gasteiger partial charge in [-0.05, 0) is 42.9 Å². The molecule has 2 nitrogen and oxygen atoms in total. The third-order valence-electron chi connectivity index (χ3n) is 2.98. The van der Waals surface area contributed by atoms with E-state index in [1.54, 1.807) is 0 Å². The molecule has 1 heterocycles. The topological polar surface area (TPSA) is 15.3 Å². The summed E-state index contributed by atoms with van der Waals surface area (Å²) in [6.07, 6.45) is 1.29. The minimum atomic E-state index is 0.662. The van der Waals surface area contributed by atoms with Crippen molar-refractivity contribution >= 4 is 23.1 Å². The van der Waals surface area contributed by atoms with Crippen LogP contribution < -0.4 is 10.2 Å². The predicted molar refractivity (Wildman–Crippen MR) is 74.9 cm³/mol. The van der Waals surface area contributed by atoms with Gasteiger partial charge in [-0.25, -0.2) is 0 Å². The molecule has 1 aromatic carbocycles. The zero-order valence-corrected chi connectivity index (χ0v) is 11.1. The van der Waals surface area contributed by atoms with Gasteiger partial charge in [0.1, 0.15) is 0 Å². The number of nitrogens with one attached hydrogen (secondary N) is 1. The van der Waals surface area contributed by atoms with Gasteiger partial charge in [-0.2, -0.15) is 11.8 Å². The number of benzene rings is 1. The molecule has 1 aromatic rings. The lowest BCUT2D eigenvalue weighted by atomic mass is 10.1. The molecule has 3 heteroatoms. The molecule has 0 saturated carbocycles. The van der Waals surface area contributed by atoms with E-state index in [-0.39, 0.29) is 0 Å². The Labute approximate surface area is 102 Å². The summed E-state index contributed by atoms with van der Waals surface area (Å²) in [5, 5.41) is 3.61. The largest absolute Gasteiger partial charge is 0.381 e. The Morgan fingerprint density at radius 2 is 2.19 bits per heavy atom. The van der Waals surface area contributed by atoms with E-state index in [1.807, 2.05) is 11.8 Å². The summed E-state index contributed by atoms with van der Waals surface area (Å²) < 4.78 is 0. The molecule has 2 rings (SSSR count). The van der Waals surface area contributed by atoms with Crippen LogP contribution in [-0.4, -0.2) is 31.6 Å². The van der Waals surface area contributed by atoms with E-state index in [0.29, 0.717) is 6.04 Å². The van der Waals surface area contributed by atoms with Crippen molar-refractivity contribution in [3.8, 4) is 0 Å². The lowest BCUT2D eigenvalue weighted by Crippen LogP contribution is -2.18. The van der Waals surface area contributed by atoms with E-state index >= 15 is 0 Å². The third kappa shape index (κ3) is 2.64. The number of anilines is 2.